The Hall–Kier alpha value is -1.62. The molecule has 0 bridgehead atoms. The highest BCUT2D eigenvalue weighted by molar-refractivity contribution is 8.00. The number of carbonyl (C=O) groups excluding carboxylic acids is 2. The fourth-order valence-electron chi connectivity index (χ4n) is 5.47. The van der Waals surface area contributed by atoms with Crippen LogP contribution >= 0.6 is 11.8 Å². The van der Waals surface area contributed by atoms with Crippen LogP contribution in [0.25, 0.3) is 0 Å². The van der Waals surface area contributed by atoms with Crippen LogP contribution in [-0.2, 0) is 19.6 Å². The molecule has 2 saturated heterocycles. The summed E-state index contributed by atoms with van der Waals surface area (Å²) < 4.78 is 27.8. The average Bonchev–Trinajstić information content (AvgIpc) is 2.83. The summed E-state index contributed by atoms with van der Waals surface area (Å²) in [6.45, 7) is 9.26. The summed E-state index contributed by atoms with van der Waals surface area (Å²) in [5, 5.41) is 2.95. The number of sulfonamides is 1. The molecule has 8 nitrogen and oxygen atoms in total. The van der Waals surface area contributed by atoms with E-state index in [1.165, 1.54) is 27.4 Å². The Morgan fingerprint density at radius 3 is 2.54 bits per heavy atom. The van der Waals surface area contributed by atoms with Crippen LogP contribution in [0.1, 0.15) is 46.0 Å². The molecule has 35 heavy (non-hydrogen) atoms. The van der Waals surface area contributed by atoms with E-state index in [9.17, 15) is 18.0 Å². The molecule has 3 aliphatic heterocycles. The van der Waals surface area contributed by atoms with Crippen LogP contribution in [0.5, 0.6) is 0 Å². The molecule has 0 aromatic heterocycles. The van der Waals surface area contributed by atoms with E-state index in [1.54, 1.807) is 18.2 Å². The van der Waals surface area contributed by atoms with E-state index in [4.69, 9.17) is 0 Å². The highest BCUT2D eigenvalue weighted by Crippen LogP contribution is 2.37. The number of thioether (sulfide) groups is 1. The predicted molar refractivity (Wildman–Crippen MR) is 139 cm³/mol. The third kappa shape index (κ3) is 6.58. The molecular weight excluding hydrogens is 484 g/mol. The second-order valence-corrected chi connectivity index (χ2v) is 13.2. The maximum Gasteiger partial charge on any atom is 0.243 e. The number of nitrogens with one attached hydrogen (secondary N) is 1. The van der Waals surface area contributed by atoms with Gasteiger partial charge in [0.05, 0.1) is 16.3 Å². The first-order valence-electron chi connectivity index (χ1n) is 12.8. The average molecular weight is 523 g/mol. The van der Waals surface area contributed by atoms with Crippen molar-refractivity contribution in [2.75, 3.05) is 56.5 Å². The van der Waals surface area contributed by atoms with Gasteiger partial charge in [-0.15, -0.1) is 11.8 Å². The number of amides is 2. The van der Waals surface area contributed by atoms with E-state index in [1.807, 2.05) is 0 Å². The van der Waals surface area contributed by atoms with Gasteiger partial charge in [-0.05, 0) is 62.3 Å². The smallest absolute Gasteiger partial charge is 0.243 e. The van der Waals surface area contributed by atoms with Crippen LogP contribution in [0.4, 0.5) is 5.69 Å². The van der Waals surface area contributed by atoms with Gasteiger partial charge >= 0.3 is 0 Å². The Kier molecular flexibility index (Phi) is 8.78. The normalized spacial score (nSPS) is 24.3. The van der Waals surface area contributed by atoms with Crippen molar-refractivity contribution in [2.45, 2.75) is 55.7 Å². The van der Waals surface area contributed by atoms with Gasteiger partial charge in [-0.2, -0.15) is 4.31 Å². The molecule has 2 amide bonds. The van der Waals surface area contributed by atoms with Crippen LogP contribution < -0.4 is 10.2 Å². The van der Waals surface area contributed by atoms with Gasteiger partial charge in [-0.3, -0.25) is 9.59 Å². The number of benzene rings is 1. The van der Waals surface area contributed by atoms with Gasteiger partial charge in [0, 0.05) is 37.6 Å². The van der Waals surface area contributed by atoms with E-state index >= 15 is 0 Å². The van der Waals surface area contributed by atoms with Crippen LogP contribution in [0, 0.1) is 11.8 Å². The van der Waals surface area contributed by atoms with Gasteiger partial charge in [0.2, 0.25) is 21.8 Å². The summed E-state index contributed by atoms with van der Waals surface area (Å²) in [7, 11) is -3.62. The van der Waals surface area contributed by atoms with Crippen molar-refractivity contribution in [3.05, 3.63) is 18.2 Å². The predicted octanol–water partition coefficient (Wildman–Crippen LogP) is 2.78. The van der Waals surface area contributed by atoms with Crippen LogP contribution in [0.3, 0.4) is 0 Å². The number of likely N-dealkylation sites (tertiary alicyclic amines) is 1. The summed E-state index contributed by atoms with van der Waals surface area (Å²) in [6, 6.07) is 4.94. The first kappa shape index (κ1) is 26.4. The standard InChI is InChI=1S/C25H38N4O4S2/c1-19-13-20(2)16-27(15-19)10-6-9-26-24(30)17-29-22-14-21(7-8-23(22)34-18-25(29)31)35(32,33)28-11-4-3-5-12-28/h7-8,14,19-20H,3-6,9-13,15-18H2,1-2H3,(H,26,30)/t19-,20-/m0/s1. The van der Waals surface area contributed by atoms with Crippen molar-refractivity contribution >= 4 is 39.3 Å². The second kappa shape index (κ2) is 11.6. The lowest BCUT2D eigenvalue weighted by Gasteiger charge is -2.35. The zero-order chi connectivity index (χ0) is 25.0. The van der Waals surface area contributed by atoms with Gasteiger partial charge in [0.15, 0.2) is 0 Å². The van der Waals surface area contributed by atoms with E-state index < -0.39 is 10.0 Å². The third-order valence-corrected chi connectivity index (χ3v) is 9.99. The van der Waals surface area contributed by atoms with Gasteiger partial charge < -0.3 is 15.1 Å². The summed E-state index contributed by atoms with van der Waals surface area (Å²) in [6.07, 6.45) is 4.91. The van der Waals surface area contributed by atoms with Crippen molar-refractivity contribution in [2.24, 2.45) is 11.8 Å². The van der Waals surface area contributed by atoms with Gasteiger partial charge in [-0.25, -0.2) is 8.42 Å². The van der Waals surface area contributed by atoms with E-state index in [0.29, 0.717) is 37.2 Å². The highest BCUT2D eigenvalue weighted by atomic mass is 32.2. The molecule has 1 aromatic carbocycles. The minimum Gasteiger partial charge on any atom is -0.355 e. The minimum atomic E-state index is -3.62. The number of hydrogen-bond acceptors (Lipinski definition) is 6. The molecule has 1 N–H and O–H groups in total. The topological polar surface area (TPSA) is 90.0 Å². The van der Waals surface area contributed by atoms with Crippen LogP contribution in [0.15, 0.2) is 28.0 Å². The lowest BCUT2D eigenvalue weighted by Crippen LogP contribution is -2.44. The van der Waals surface area contributed by atoms with Crippen LogP contribution in [-0.4, -0.2) is 81.0 Å². The Bertz CT molecular complexity index is 1020. The molecule has 10 heteroatoms. The molecule has 0 aliphatic carbocycles. The molecule has 0 spiro atoms. The Balaban J connectivity index is 1.36. The first-order chi connectivity index (χ1) is 16.7. The number of anilines is 1. The lowest BCUT2D eigenvalue weighted by atomic mass is 9.92. The molecule has 0 saturated carbocycles. The summed E-state index contributed by atoms with van der Waals surface area (Å²) in [4.78, 5) is 30.3. The van der Waals surface area contributed by atoms with E-state index in [0.717, 1.165) is 50.2 Å². The quantitative estimate of drug-likeness (QED) is 0.528. The molecule has 0 unspecified atom stereocenters. The molecule has 194 valence electrons. The van der Waals surface area contributed by atoms with E-state index in [2.05, 4.69) is 24.1 Å². The monoisotopic (exact) mass is 522 g/mol. The number of nitrogens with zero attached hydrogens (tertiary/aromatic N) is 3. The van der Waals surface area contributed by atoms with Gasteiger partial charge in [0.1, 0.15) is 6.54 Å². The highest BCUT2D eigenvalue weighted by Gasteiger charge is 2.31. The largest absolute Gasteiger partial charge is 0.355 e. The number of rotatable bonds is 8. The zero-order valence-corrected chi connectivity index (χ0v) is 22.5. The number of hydrogen-bond donors (Lipinski definition) is 1. The third-order valence-electron chi connectivity index (χ3n) is 7.05. The fourth-order valence-corrected chi connectivity index (χ4v) is 7.93. The maximum absolute atomic E-state index is 13.2. The van der Waals surface area contributed by atoms with Crippen molar-refractivity contribution in [3.63, 3.8) is 0 Å². The molecule has 2 atom stereocenters. The number of piperidine rings is 2. The van der Waals surface area contributed by atoms with Crippen molar-refractivity contribution in [1.82, 2.24) is 14.5 Å². The van der Waals surface area contributed by atoms with Gasteiger partial charge in [-0.1, -0.05) is 20.3 Å². The summed E-state index contributed by atoms with van der Waals surface area (Å²) >= 11 is 1.38. The molecule has 2 fully saturated rings. The maximum atomic E-state index is 13.2. The number of fused-ring (bicyclic) bond motifs is 1. The Morgan fingerprint density at radius 1 is 1.11 bits per heavy atom. The molecular formula is C25H38N4O4S2. The SMILES string of the molecule is C[C@H]1C[C@H](C)CN(CCCNC(=O)CN2C(=O)CSc3ccc(S(=O)(=O)N4CCCCC4)cc32)C1. The van der Waals surface area contributed by atoms with Crippen molar-refractivity contribution in [1.29, 1.82) is 0 Å². The van der Waals surface area contributed by atoms with Crippen LogP contribution in [0.2, 0.25) is 0 Å². The molecule has 1 aromatic rings. The second-order valence-electron chi connectivity index (χ2n) is 10.3. The molecule has 3 heterocycles. The first-order valence-corrected chi connectivity index (χ1v) is 15.2. The van der Waals surface area contributed by atoms with Gasteiger partial charge in [0.25, 0.3) is 0 Å². The van der Waals surface area contributed by atoms with Crippen molar-refractivity contribution in [3.8, 4) is 0 Å². The molecule has 3 aliphatic rings. The van der Waals surface area contributed by atoms with E-state index in [-0.39, 0.29) is 29.0 Å². The molecule has 4 rings (SSSR count). The number of carbonyl (C=O) groups is 2. The zero-order valence-electron chi connectivity index (χ0n) is 20.9. The summed E-state index contributed by atoms with van der Waals surface area (Å²) in [5.74, 6) is 1.26. The molecule has 0 radical (unpaired) electrons. The lowest BCUT2D eigenvalue weighted by molar-refractivity contribution is -0.123. The Labute approximate surface area is 213 Å². The minimum absolute atomic E-state index is 0.0998. The van der Waals surface area contributed by atoms with Crippen molar-refractivity contribution < 1.29 is 18.0 Å². The Morgan fingerprint density at radius 2 is 1.83 bits per heavy atom. The summed E-state index contributed by atoms with van der Waals surface area (Å²) in [5.41, 5.74) is 0.510. The fraction of sp³-hybridized carbons (Fsp3) is 0.680.